The molecule has 114 valence electrons. The molecule has 0 aromatic heterocycles. The Balaban J connectivity index is 1.97. The highest BCUT2D eigenvalue weighted by Crippen LogP contribution is 2.19. The van der Waals surface area contributed by atoms with Gasteiger partial charge in [-0.05, 0) is 38.3 Å². The molecule has 1 aliphatic heterocycles. The molecule has 0 saturated carbocycles. The average Bonchev–Trinajstić information content (AvgIpc) is 2.97. The Hall–Kier alpha value is -2.04. The molecule has 21 heavy (non-hydrogen) atoms. The first-order chi connectivity index (χ1) is 10.1. The lowest BCUT2D eigenvalue weighted by molar-refractivity contribution is -0.125. The van der Waals surface area contributed by atoms with Crippen molar-refractivity contribution in [1.82, 2.24) is 10.2 Å². The van der Waals surface area contributed by atoms with Gasteiger partial charge in [-0.25, -0.2) is 4.79 Å². The number of amides is 3. The van der Waals surface area contributed by atoms with Gasteiger partial charge >= 0.3 is 6.03 Å². The quantitative estimate of drug-likeness (QED) is 0.895. The lowest BCUT2D eigenvalue weighted by Crippen LogP contribution is -2.49. The van der Waals surface area contributed by atoms with Crippen LogP contribution in [0.15, 0.2) is 30.3 Å². The van der Waals surface area contributed by atoms with Crippen LogP contribution in [0, 0.1) is 0 Å². The molecule has 1 saturated heterocycles. The van der Waals surface area contributed by atoms with E-state index in [2.05, 4.69) is 10.6 Å². The van der Waals surface area contributed by atoms with Gasteiger partial charge in [-0.2, -0.15) is 0 Å². The third kappa shape index (κ3) is 3.97. The van der Waals surface area contributed by atoms with Crippen LogP contribution in [0.1, 0.15) is 33.1 Å². The Labute approximate surface area is 125 Å². The fraction of sp³-hybridized carbons (Fsp3) is 0.500. The standard InChI is InChI=1S/C16H23N3O2/c1-3-12(2)17-15(20)14-10-7-11-19(14)16(21)18-13-8-5-4-6-9-13/h4-6,8-9,12,14H,3,7,10-11H2,1-2H3,(H,17,20)(H,18,21)/t12-,14-/m0/s1. The van der Waals surface area contributed by atoms with E-state index in [0.717, 1.165) is 24.9 Å². The fourth-order valence-electron chi connectivity index (χ4n) is 2.44. The summed E-state index contributed by atoms with van der Waals surface area (Å²) in [5.41, 5.74) is 0.746. The van der Waals surface area contributed by atoms with E-state index < -0.39 is 0 Å². The maximum absolute atomic E-state index is 12.3. The van der Waals surface area contributed by atoms with Crippen molar-refractivity contribution >= 4 is 17.6 Å². The van der Waals surface area contributed by atoms with Crippen LogP contribution >= 0.6 is 0 Å². The first-order valence-corrected chi connectivity index (χ1v) is 7.55. The number of rotatable bonds is 4. The topological polar surface area (TPSA) is 61.4 Å². The molecule has 2 atom stereocenters. The van der Waals surface area contributed by atoms with Gasteiger partial charge in [0.05, 0.1) is 0 Å². The van der Waals surface area contributed by atoms with Gasteiger partial charge in [0.15, 0.2) is 0 Å². The van der Waals surface area contributed by atoms with Gasteiger partial charge in [0, 0.05) is 18.3 Å². The van der Waals surface area contributed by atoms with Gasteiger partial charge in [-0.15, -0.1) is 0 Å². The molecule has 5 heteroatoms. The molecule has 1 fully saturated rings. The zero-order valence-electron chi connectivity index (χ0n) is 12.6. The molecule has 3 amide bonds. The molecule has 0 unspecified atom stereocenters. The summed E-state index contributed by atoms with van der Waals surface area (Å²) >= 11 is 0. The van der Waals surface area contributed by atoms with E-state index in [1.165, 1.54) is 0 Å². The first-order valence-electron chi connectivity index (χ1n) is 7.55. The second-order valence-corrected chi connectivity index (χ2v) is 5.47. The molecule has 0 spiro atoms. The van der Waals surface area contributed by atoms with Gasteiger partial charge in [-0.3, -0.25) is 4.79 Å². The zero-order valence-corrected chi connectivity index (χ0v) is 12.6. The predicted octanol–water partition coefficient (Wildman–Crippen LogP) is 2.60. The molecule has 0 bridgehead atoms. The van der Waals surface area contributed by atoms with Crippen LogP contribution in [-0.2, 0) is 4.79 Å². The number of hydrogen-bond donors (Lipinski definition) is 2. The van der Waals surface area contributed by atoms with Crippen molar-refractivity contribution in [3.05, 3.63) is 30.3 Å². The molecule has 1 aromatic carbocycles. The van der Waals surface area contributed by atoms with Gasteiger partial charge < -0.3 is 15.5 Å². The Morgan fingerprint density at radius 3 is 2.71 bits per heavy atom. The number of carbonyl (C=O) groups excluding carboxylic acids is 2. The summed E-state index contributed by atoms with van der Waals surface area (Å²) in [6.07, 6.45) is 2.47. The lowest BCUT2D eigenvalue weighted by atomic mass is 10.2. The van der Waals surface area contributed by atoms with E-state index in [9.17, 15) is 9.59 Å². The van der Waals surface area contributed by atoms with E-state index >= 15 is 0 Å². The van der Waals surface area contributed by atoms with E-state index in [1.54, 1.807) is 4.90 Å². The summed E-state index contributed by atoms with van der Waals surface area (Å²) in [6.45, 7) is 4.62. The van der Waals surface area contributed by atoms with Crippen molar-refractivity contribution in [1.29, 1.82) is 0 Å². The number of nitrogens with one attached hydrogen (secondary N) is 2. The van der Waals surface area contributed by atoms with Crippen LogP contribution in [0.25, 0.3) is 0 Å². The summed E-state index contributed by atoms with van der Waals surface area (Å²) in [5.74, 6) is -0.0509. The minimum Gasteiger partial charge on any atom is -0.352 e. The number of nitrogens with zero attached hydrogens (tertiary/aromatic N) is 1. The van der Waals surface area contributed by atoms with Crippen LogP contribution in [0.3, 0.4) is 0 Å². The highest BCUT2D eigenvalue weighted by atomic mass is 16.2. The minimum absolute atomic E-state index is 0.0509. The van der Waals surface area contributed by atoms with Crippen molar-refractivity contribution in [3.63, 3.8) is 0 Å². The highest BCUT2D eigenvalue weighted by Gasteiger charge is 2.34. The number of urea groups is 1. The third-order valence-corrected chi connectivity index (χ3v) is 3.84. The molecule has 5 nitrogen and oxygen atoms in total. The van der Waals surface area contributed by atoms with Crippen LogP contribution in [-0.4, -0.2) is 35.5 Å². The number of anilines is 1. The molecule has 0 radical (unpaired) electrons. The fourth-order valence-corrected chi connectivity index (χ4v) is 2.44. The summed E-state index contributed by atoms with van der Waals surface area (Å²) in [6, 6.07) is 8.88. The van der Waals surface area contributed by atoms with E-state index in [0.29, 0.717) is 6.54 Å². The van der Waals surface area contributed by atoms with Gasteiger partial charge in [-0.1, -0.05) is 25.1 Å². The molecular formula is C16H23N3O2. The maximum atomic E-state index is 12.3. The summed E-state index contributed by atoms with van der Waals surface area (Å²) in [5, 5.41) is 5.80. The maximum Gasteiger partial charge on any atom is 0.322 e. The van der Waals surface area contributed by atoms with Crippen molar-refractivity contribution in [3.8, 4) is 0 Å². The van der Waals surface area contributed by atoms with Crippen LogP contribution < -0.4 is 10.6 Å². The van der Waals surface area contributed by atoms with Crippen molar-refractivity contribution in [2.45, 2.75) is 45.2 Å². The minimum atomic E-state index is -0.359. The highest BCUT2D eigenvalue weighted by molar-refractivity contribution is 5.94. The zero-order chi connectivity index (χ0) is 15.2. The predicted molar refractivity (Wildman–Crippen MR) is 83.1 cm³/mol. The summed E-state index contributed by atoms with van der Waals surface area (Å²) < 4.78 is 0. The number of carbonyl (C=O) groups is 2. The van der Waals surface area contributed by atoms with Gasteiger partial charge in [0.2, 0.25) is 5.91 Å². The van der Waals surface area contributed by atoms with Crippen LogP contribution in [0.4, 0.5) is 10.5 Å². The Bertz CT molecular complexity index is 490. The smallest absolute Gasteiger partial charge is 0.322 e. The molecule has 1 aromatic rings. The molecule has 2 N–H and O–H groups in total. The summed E-state index contributed by atoms with van der Waals surface area (Å²) in [4.78, 5) is 26.2. The van der Waals surface area contributed by atoms with Crippen molar-refractivity contribution in [2.75, 3.05) is 11.9 Å². The number of likely N-dealkylation sites (tertiary alicyclic amines) is 1. The number of para-hydroxylation sites is 1. The molecule has 1 heterocycles. The second-order valence-electron chi connectivity index (χ2n) is 5.47. The van der Waals surface area contributed by atoms with E-state index in [-0.39, 0.29) is 24.0 Å². The van der Waals surface area contributed by atoms with Crippen molar-refractivity contribution in [2.24, 2.45) is 0 Å². The molecule has 1 aliphatic rings. The number of benzene rings is 1. The van der Waals surface area contributed by atoms with Gasteiger partial charge in [0.25, 0.3) is 0 Å². The van der Waals surface area contributed by atoms with Crippen LogP contribution in [0.5, 0.6) is 0 Å². The van der Waals surface area contributed by atoms with Crippen LogP contribution in [0.2, 0.25) is 0 Å². The lowest BCUT2D eigenvalue weighted by Gasteiger charge is -2.25. The van der Waals surface area contributed by atoms with Gasteiger partial charge in [0.1, 0.15) is 6.04 Å². The van der Waals surface area contributed by atoms with Crippen molar-refractivity contribution < 1.29 is 9.59 Å². The largest absolute Gasteiger partial charge is 0.352 e. The van der Waals surface area contributed by atoms with E-state index in [1.807, 2.05) is 44.2 Å². The summed E-state index contributed by atoms with van der Waals surface area (Å²) in [7, 11) is 0. The van der Waals surface area contributed by atoms with E-state index in [4.69, 9.17) is 0 Å². The Morgan fingerprint density at radius 1 is 1.33 bits per heavy atom. The Morgan fingerprint density at radius 2 is 2.05 bits per heavy atom. The normalized spacial score (nSPS) is 19.1. The molecule has 0 aliphatic carbocycles. The average molecular weight is 289 g/mol. The number of hydrogen-bond acceptors (Lipinski definition) is 2. The Kier molecular flexibility index (Phi) is 5.20. The monoisotopic (exact) mass is 289 g/mol. The second kappa shape index (κ2) is 7.11. The molecular weight excluding hydrogens is 266 g/mol. The molecule has 2 rings (SSSR count). The third-order valence-electron chi connectivity index (χ3n) is 3.84. The SMILES string of the molecule is CC[C@H](C)NC(=O)[C@@H]1CCCN1C(=O)Nc1ccccc1. The first kappa shape index (κ1) is 15.4.